The molecule has 0 amide bonds. The van der Waals surface area contributed by atoms with Crippen LogP contribution >= 0.6 is 0 Å². The van der Waals surface area contributed by atoms with Crippen molar-refractivity contribution in [2.75, 3.05) is 27.2 Å². The van der Waals surface area contributed by atoms with Crippen molar-refractivity contribution in [2.24, 2.45) is 0 Å². The van der Waals surface area contributed by atoms with Crippen LogP contribution in [-0.4, -0.2) is 52.7 Å². The van der Waals surface area contributed by atoms with Gasteiger partial charge in [0.1, 0.15) is 0 Å². The van der Waals surface area contributed by atoms with E-state index in [9.17, 15) is 21.2 Å². The molecule has 1 aliphatic rings. The van der Waals surface area contributed by atoms with E-state index in [4.69, 9.17) is 4.74 Å². The molecule has 0 saturated carbocycles. The number of hydrogen-bond acceptors (Lipinski definition) is 5. The van der Waals surface area contributed by atoms with Crippen LogP contribution in [0.3, 0.4) is 0 Å². The van der Waals surface area contributed by atoms with Gasteiger partial charge in [0.25, 0.3) is 0 Å². The van der Waals surface area contributed by atoms with Gasteiger partial charge in [-0.25, -0.2) is 21.2 Å². The fourth-order valence-corrected chi connectivity index (χ4v) is 5.87. The monoisotopic (exact) mass is 442 g/mol. The summed E-state index contributed by atoms with van der Waals surface area (Å²) in [5.74, 6) is -0.499. The summed E-state index contributed by atoms with van der Waals surface area (Å²) in [5, 5.41) is 0. The van der Waals surface area contributed by atoms with Crippen LogP contribution in [0.4, 0.5) is 4.39 Å². The molecule has 7 nitrogen and oxygen atoms in total. The van der Waals surface area contributed by atoms with Gasteiger partial charge in [-0.2, -0.15) is 8.61 Å². The molecule has 1 heterocycles. The second-order valence-corrected chi connectivity index (χ2v) is 10.8. The first-order chi connectivity index (χ1) is 13.7. The van der Waals surface area contributed by atoms with Gasteiger partial charge < -0.3 is 4.74 Å². The second kappa shape index (κ2) is 8.39. The fraction of sp³-hybridized carbons (Fsp3) is 0.368. The van der Waals surface area contributed by atoms with Crippen molar-refractivity contribution in [3.63, 3.8) is 0 Å². The number of sulfonamides is 2. The molecular formula is C19H23FN2O5S2. The van der Waals surface area contributed by atoms with Gasteiger partial charge in [0.15, 0.2) is 11.6 Å². The molecule has 0 N–H and O–H groups in total. The summed E-state index contributed by atoms with van der Waals surface area (Å²) < 4.78 is 72.0. The summed E-state index contributed by atoms with van der Waals surface area (Å²) >= 11 is 0. The van der Waals surface area contributed by atoms with Gasteiger partial charge >= 0.3 is 0 Å². The first-order valence-corrected chi connectivity index (χ1v) is 11.9. The molecule has 29 heavy (non-hydrogen) atoms. The van der Waals surface area contributed by atoms with Gasteiger partial charge in [-0.1, -0.05) is 6.07 Å². The van der Waals surface area contributed by atoms with Crippen LogP contribution in [0.5, 0.6) is 5.75 Å². The minimum Gasteiger partial charge on any atom is -0.494 e. The molecule has 1 aliphatic heterocycles. The summed E-state index contributed by atoms with van der Waals surface area (Å²) in [6, 6.07) is 9.41. The van der Waals surface area contributed by atoms with Crippen LogP contribution in [0.25, 0.3) is 0 Å². The largest absolute Gasteiger partial charge is 0.494 e. The Hall–Kier alpha value is -2.01. The van der Waals surface area contributed by atoms with E-state index < -0.39 is 25.9 Å². The van der Waals surface area contributed by atoms with Crippen molar-refractivity contribution in [3.05, 3.63) is 53.8 Å². The SMILES string of the molecule is COc1ccc(CN(C)S(=O)(=O)c2ccc(S(=O)(=O)N3CCCC3)cc2)cc1F. The van der Waals surface area contributed by atoms with E-state index in [-0.39, 0.29) is 22.1 Å². The molecule has 2 aromatic carbocycles. The third-order valence-corrected chi connectivity index (χ3v) is 8.59. The number of ether oxygens (including phenoxy) is 1. The molecule has 0 atom stereocenters. The van der Waals surface area contributed by atoms with E-state index in [1.807, 2.05) is 0 Å². The molecular weight excluding hydrogens is 419 g/mol. The first kappa shape index (κ1) is 21.7. The van der Waals surface area contributed by atoms with Gasteiger partial charge in [-0.3, -0.25) is 0 Å². The highest BCUT2D eigenvalue weighted by atomic mass is 32.2. The molecule has 2 aromatic rings. The minimum atomic E-state index is -3.88. The van der Waals surface area contributed by atoms with E-state index >= 15 is 0 Å². The van der Waals surface area contributed by atoms with Gasteiger partial charge in [0, 0.05) is 26.7 Å². The van der Waals surface area contributed by atoms with Crippen molar-refractivity contribution >= 4 is 20.0 Å². The van der Waals surface area contributed by atoms with E-state index in [0.29, 0.717) is 18.7 Å². The number of halogens is 1. The zero-order chi connectivity index (χ0) is 21.2. The molecule has 0 aliphatic carbocycles. The van der Waals surface area contributed by atoms with Crippen LogP contribution in [-0.2, 0) is 26.6 Å². The lowest BCUT2D eigenvalue weighted by molar-refractivity contribution is 0.385. The van der Waals surface area contributed by atoms with E-state index in [0.717, 1.165) is 17.1 Å². The molecule has 3 rings (SSSR count). The molecule has 158 valence electrons. The highest BCUT2D eigenvalue weighted by Crippen LogP contribution is 2.24. The Morgan fingerprint density at radius 1 is 1.00 bits per heavy atom. The lowest BCUT2D eigenvalue weighted by atomic mass is 10.2. The van der Waals surface area contributed by atoms with E-state index in [2.05, 4.69) is 0 Å². The lowest BCUT2D eigenvalue weighted by Gasteiger charge is -2.19. The molecule has 0 radical (unpaired) electrons. The van der Waals surface area contributed by atoms with E-state index in [1.54, 1.807) is 6.07 Å². The summed E-state index contributed by atoms with van der Waals surface area (Å²) in [6.45, 7) is 0.907. The van der Waals surface area contributed by atoms with E-state index in [1.165, 1.54) is 54.9 Å². The Bertz CT molecular complexity index is 1080. The van der Waals surface area contributed by atoms with Crippen LogP contribution in [0.2, 0.25) is 0 Å². The smallest absolute Gasteiger partial charge is 0.243 e. The van der Waals surface area contributed by atoms with Gasteiger partial charge in [-0.15, -0.1) is 0 Å². The normalized spacial score (nSPS) is 15.7. The van der Waals surface area contributed by atoms with Gasteiger partial charge in [0.2, 0.25) is 20.0 Å². The van der Waals surface area contributed by atoms with Crippen molar-refractivity contribution in [1.29, 1.82) is 0 Å². The second-order valence-electron chi connectivity index (χ2n) is 6.81. The quantitative estimate of drug-likeness (QED) is 0.658. The van der Waals surface area contributed by atoms with Crippen LogP contribution in [0.15, 0.2) is 52.3 Å². The molecule has 1 fully saturated rings. The number of methoxy groups -OCH3 is 1. The topological polar surface area (TPSA) is 84.0 Å². The molecule has 0 bridgehead atoms. The fourth-order valence-electron chi connectivity index (χ4n) is 3.19. The predicted octanol–water partition coefficient (Wildman–Crippen LogP) is 2.44. The molecule has 1 saturated heterocycles. The third-order valence-electron chi connectivity index (χ3n) is 4.86. The highest BCUT2D eigenvalue weighted by molar-refractivity contribution is 7.89. The maximum Gasteiger partial charge on any atom is 0.243 e. The molecule has 0 spiro atoms. The van der Waals surface area contributed by atoms with Crippen molar-refractivity contribution in [2.45, 2.75) is 29.2 Å². The average Bonchev–Trinajstić information content (AvgIpc) is 3.24. The van der Waals surface area contributed by atoms with Gasteiger partial charge in [0.05, 0.1) is 16.9 Å². The Labute approximate surface area is 170 Å². The predicted molar refractivity (Wildman–Crippen MR) is 106 cm³/mol. The van der Waals surface area contributed by atoms with Crippen LogP contribution < -0.4 is 4.74 Å². The molecule has 0 unspecified atom stereocenters. The lowest BCUT2D eigenvalue weighted by Crippen LogP contribution is -2.28. The zero-order valence-electron chi connectivity index (χ0n) is 16.2. The maximum atomic E-state index is 13.9. The summed E-state index contributed by atoms with van der Waals surface area (Å²) in [5.41, 5.74) is 0.461. The van der Waals surface area contributed by atoms with Crippen molar-refractivity contribution < 1.29 is 26.0 Å². The van der Waals surface area contributed by atoms with Crippen LogP contribution in [0.1, 0.15) is 18.4 Å². The maximum absolute atomic E-state index is 13.9. The zero-order valence-corrected chi connectivity index (χ0v) is 17.8. The Kier molecular flexibility index (Phi) is 6.27. The number of hydrogen-bond donors (Lipinski definition) is 0. The van der Waals surface area contributed by atoms with Gasteiger partial charge in [-0.05, 0) is 54.8 Å². The first-order valence-electron chi connectivity index (χ1n) is 9.05. The number of rotatable bonds is 7. The Balaban J connectivity index is 1.79. The summed E-state index contributed by atoms with van der Waals surface area (Å²) in [7, 11) is -4.75. The van der Waals surface area contributed by atoms with Crippen molar-refractivity contribution in [1.82, 2.24) is 8.61 Å². The molecule has 10 heteroatoms. The van der Waals surface area contributed by atoms with Crippen LogP contribution in [0, 0.1) is 5.82 Å². The summed E-state index contributed by atoms with van der Waals surface area (Å²) in [6.07, 6.45) is 1.64. The Morgan fingerprint density at radius 2 is 1.59 bits per heavy atom. The summed E-state index contributed by atoms with van der Waals surface area (Å²) in [4.78, 5) is 0.0348. The number of nitrogens with zero attached hydrogens (tertiary/aromatic N) is 2. The Morgan fingerprint density at radius 3 is 2.14 bits per heavy atom. The number of benzene rings is 2. The standard InChI is InChI=1S/C19H23FN2O5S2/c1-21(14-15-5-10-19(27-2)18(20)13-15)28(23,24)16-6-8-17(9-7-16)29(25,26)22-11-3-4-12-22/h5-10,13H,3-4,11-12,14H2,1-2H3. The minimum absolute atomic E-state index is 0.0330. The third kappa shape index (κ3) is 4.45. The molecule has 0 aromatic heterocycles. The highest BCUT2D eigenvalue weighted by Gasteiger charge is 2.28. The average molecular weight is 443 g/mol. The van der Waals surface area contributed by atoms with Crippen molar-refractivity contribution in [3.8, 4) is 5.75 Å².